The summed E-state index contributed by atoms with van der Waals surface area (Å²) in [5.41, 5.74) is 1.06. The first-order valence-electron chi connectivity index (χ1n) is 6.64. The van der Waals surface area contributed by atoms with E-state index in [1.54, 1.807) is 11.8 Å². The van der Waals surface area contributed by atoms with E-state index in [2.05, 4.69) is 29.1 Å². The van der Waals surface area contributed by atoms with Crippen LogP contribution >= 0.6 is 11.8 Å². The third kappa shape index (κ3) is 3.96. The Bertz CT molecular complexity index is 514. The summed E-state index contributed by atoms with van der Waals surface area (Å²) in [6, 6.07) is 12.1. The van der Waals surface area contributed by atoms with Gasteiger partial charge in [-0.2, -0.15) is 0 Å². The summed E-state index contributed by atoms with van der Waals surface area (Å²) < 4.78 is 0. The van der Waals surface area contributed by atoms with Gasteiger partial charge in [0.2, 0.25) is 0 Å². The molecule has 0 atom stereocenters. The molecule has 0 aliphatic rings. The minimum Gasteiger partial charge on any atom is -0.370 e. The molecule has 2 rings (SSSR count). The zero-order valence-electron chi connectivity index (χ0n) is 11.4. The maximum Gasteiger partial charge on any atom is 0.162 e. The molecule has 0 spiro atoms. The van der Waals surface area contributed by atoms with Crippen molar-refractivity contribution in [3.8, 4) is 11.4 Å². The molecule has 100 valence electrons. The fourth-order valence-corrected chi connectivity index (χ4v) is 2.35. The Hall–Kier alpha value is -1.55. The average Bonchev–Trinajstić information content (AvgIpc) is 2.46. The number of rotatable bonds is 6. The van der Waals surface area contributed by atoms with E-state index in [-0.39, 0.29) is 0 Å². The Kier molecular flexibility index (Phi) is 5.21. The summed E-state index contributed by atoms with van der Waals surface area (Å²) >= 11 is 1.74. The van der Waals surface area contributed by atoms with Crippen molar-refractivity contribution >= 4 is 17.6 Å². The van der Waals surface area contributed by atoms with Crippen molar-refractivity contribution in [1.29, 1.82) is 0 Å². The molecule has 1 heterocycles. The molecule has 0 radical (unpaired) electrons. The average molecular weight is 273 g/mol. The number of anilines is 1. The smallest absolute Gasteiger partial charge is 0.162 e. The number of benzene rings is 1. The summed E-state index contributed by atoms with van der Waals surface area (Å²) in [6.07, 6.45) is 1.08. The molecule has 2 aromatic rings. The zero-order chi connectivity index (χ0) is 13.5. The normalized spacial score (nSPS) is 10.4. The van der Waals surface area contributed by atoms with E-state index in [9.17, 15) is 0 Å². The predicted octanol–water partition coefficient (Wildman–Crippen LogP) is 4.08. The van der Waals surface area contributed by atoms with Gasteiger partial charge >= 0.3 is 0 Å². The van der Waals surface area contributed by atoms with Gasteiger partial charge in [0.1, 0.15) is 10.8 Å². The summed E-state index contributed by atoms with van der Waals surface area (Å²) in [6.45, 7) is 5.21. The minimum atomic E-state index is 0.789. The first-order valence-corrected chi connectivity index (χ1v) is 7.63. The molecule has 0 aliphatic carbocycles. The molecular weight excluding hydrogens is 254 g/mol. The van der Waals surface area contributed by atoms with Crippen LogP contribution in [0.2, 0.25) is 0 Å². The summed E-state index contributed by atoms with van der Waals surface area (Å²) in [5, 5.41) is 4.36. The van der Waals surface area contributed by atoms with Gasteiger partial charge in [-0.1, -0.05) is 44.2 Å². The van der Waals surface area contributed by atoms with Crippen LogP contribution in [0.3, 0.4) is 0 Å². The van der Waals surface area contributed by atoms with Crippen LogP contribution in [-0.4, -0.2) is 22.3 Å². The Balaban J connectivity index is 2.33. The molecule has 1 N–H and O–H groups in total. The molecule has 3 nitrogen and oxygen atoms in total. The van der Waals surface area contributed by atoms with E-state index in [1.807, 2.05) is 36.4 Å². The van der Waals surface area contributed by atoms with Crippen LogP contribution < -0.4 is 5.32 Å². The first kappa shape index (κ1) is 13.9. The SMILES string of the molecule is CCCNc1cc(SCC)nc(-c2ccccc2)n1. The molecule has 1 aromatic heterocycles. The van der Waals surface area contributed by atoms with Crippen LogP contribution in [0.15, 0.2) is 41.4 Å². The highest BCUT2D eigenvalue weighted by atomic mass is 32.2. The van der Waals surface area contributed by atoms with E-state index in [1.165, 1.54) is 0 Å². The molecule has 0 aliphatic heterocycles. The molecule has 1 aromatic carbocycles. The molecule has 0 bridgehead atoms. The Morgan fingerprint density at radius 3 is 2.58 bits per heavy atom. The molecule has 0 saturated heterocycles. The Labute approximate surface area is 118 Å². The lowest BCUT2D eigenvalue weighted by atomic mass is 10.2. The lowest BCUT2D eigenvalue weighted by molar-refractivity contribution is 0.956. The minimum absolute atomic E-state index is 0.789. The predicted molar refractivity (Wildman–Crippen MR) is 82.6 cm³/mol. The van der Waals surface area contributed by atoms with Gasteiger partial charge in [-0.3, -0.25) is 0 Å². The second kappa shape index (κ2) is 7.14. The molecule has 0 unspecified atom stereocenters. The maximum absolute atomic E-state index is 4.61. The largest absolute Gasteiger partial charge is 0.370 e. The number of thioether (sulfide) groups is 1. The van der Waals surface area contributed by atoms with Crippen molar-refractivity contribution in [2.24, 2.45) is 0 Å². The number of hydrogen-bond donors (Lipinski definition) is 1. The second-order valence-electron chi connectivity index (χ2n) is 4.14. The van der Waals surface area contributed by atoms with Gasteiger partial charge in [0.15, 0.2) is 5.82 Å². The molecule has 0 saturated carbocycles. The maximum atomic E-state index is 4.61. The number of hydrogen-bond acceptors (Lipinski definition) is 4. The van der Waals surface area contributed by atoms with E-state index in [4.69, 9.17) is 0 Å². The quantitative estimate of drug-likeness (QED) is 0.636. The molecule has 0 amide bonds. The summed E-state index contributed by atoms with van der Waals surface area (Å²) in [5.74, 6) is 2.71. The number of aromatic nitrogens is 2. The van der Waals surface area contributed by atoms with Crippen molar-refractivity contribution in [3.63, 3.8) is 0 Å². The fraction of sp³-hybridized carbons (Fsp3) is 0.333. The molecule has 4 heteroatoms. The highest BCUT2D eigenvalue weighted by Gasteiger charge is 2.06. The van der Waals surface area contributed by atoms with Gasteiger partial charge < -0.3 is 5.32 Å². The van der Waals surface area contributed by atoms with Gasteiger partial charge in [-0.25, -0.2) is 9.97 Å². The standard InChI is InChI=1S/C15H19N3S/c1-3-10-16-13-11-14(19-4-2)18-15(17-13)12-8-6-5-7-9-12/h5-9,11H,3-4,10H2,1-2H3,(H,16,17,18). The number of nitrogens with zero attached hydrogens (tertiary/aromatic N) is 2. The first-order chi connectivity index (χ1) is 9.33. The van der Waals surface area contributed by atoms with Gasteiger partial charge in [0.25, 0.3) is 0 Å². The lowest BCUT2D eigenvalue weighted by Crippen LogP contribution is -2.04. The summed E-state index contributed by atoms with van der Waals surface area (Å²) in [7, 11) is 0. The van der Waals surface area contributed by atoms with E-state index in [0.717, 1.165) is 41.0 Å². The lowest BCUT2D eigenvalue weighted by Gasteiger charge is -2.09. The molecule has 19 heavy (non-hydrogen) atoms. The highest BCUT2D eigenvalue weighted by Crippen LogP contribution is 2.23. The molecule has 0 fully saturated rings. The van der Waals surface area contributed by atoms with Crippen LogP contribution in [0, 0.1) is 0 Å². The van der Waals surface area contributed by atoms with Crippen molar-refractivity contribution in [2.75, 3.05) is 17.6 Å². The second-order valence-corrected chi connectivity index (χ2v) is 5.43. The van der Waals surface area contributed by atoms with Crippen molar-refractivity contribution < 1.29 is 0 Å². The van der Waals surface area contributed by atoms with E-state index < -0.39 is 0 Å². The van der Waals surface area contributed by atoms with Crippen molar-refractivity contribution in [2.45, 2.75) is 25.3 Å². The van der Waals surface area contributed by atoms with Crippen LogP contribution in [-0.2, 0) is 0 Å². The fourth-order valence-electron chi connectivity index (χ4n) is 1.71. The van der Waals surface area contributed by atoms with E-state index >= 15 is 0 Å². The third-order valence-corrected chi connectivity index (χ3v) is 3.38. The Morgan fingerprint density at radius 2 is 1.89 bits per heavy atom. The highest BCUT2D eigenvalue weighted by molar-refractivity contribution is 7.99. The van der Waals surface area contributed by atoms with Crippen LogP contribution in [0.1, 0.15) is 20.3 Å². The topological polar surface area (TPSA) is 37.8 Å². The van der Waals surface area contributed by atoms with Gasteiger partial charge in [0.05, 0.1) is 0 Å². The third-order valence-electron chi connectivity index (χ3n) is 2.58. The number of nitrogens with one attached hydrogen (secondary N) is 1. The Morgan fingerprint density at radius 1 is 1.11 bits per heavy atom. The van der Waals surface area contributed by atoms with Crippen molar-refractivity contribution in [1.82, 2.24) is 9.97 Å². The monoisotopic (exact) mass is 273 g/mol. The molecular formula is C15H19N3S. The van der Waals surface area contributed by atoms with Gasteiger partial charge in [-0.05, 0) is 12.2 Å². The van der Waals surface area contributed by atoms with Crippen LogP contribution in [0.25, 0.3) is 11.4 Å². The zero-order valence-corrected chi connectivity index (χ0v) is 12.2. The van der Waals surface area contributed by atoms with Crippen molar-refractivity contribution in [3.05, 3.63) is 36.4 Å². The summed E-state index contributed by atoms with van der Waals surface area (Å²) in [4.78, 5) is 9.20. The van der Waals surface area contributed by atoms with Crippen LogP contribution in [0.5, 0.6) is 0 Å². The van der Waals surface area contributed by atoms with E-state index in [0.29, 0.717) is 0 Å². The van der Waals surface area contributed by atoms with Crippen LogP contribution in [0.4, 0.5) is 5.82 Å². The van der Waals surface area contributed by atoms with Gasteiger partial charge in [0, 0.05) is 18.2 Å². The van der Waals surface area contributed by atoms with Gasteiger partial charge in [-0.15, -0.1) is 11.8 Å².